The van der Waals surface area contributed by atoms with Crippen molar-refractivity contribution in [2.24, 2.45) is 0 Å². The molecule has 22 heavy (non-hydrogen) atoms. The number of hydrogen-bond acceptors (Lipinski definition) is 1. The zero-order valence-corrected chi connectivity index (χ0v) is 11.0. The molecule has 116 valence electrons. The van der Waals surface area contributed by atoms with Gasteiger partial charge in [-0.3, -0.25) is 0 Å². The van der Waals surface area contributed by atoms with Crippen molar-refractivity contribution in [1.82, 2.24) is 0 Å². The van der Waals surface area contributed by atoms with E-state index in [4.69, 9.17) is 4.65 Å². The summed E-state index contributed by atoms with van der Waals surface area (Å²) in [5.41, 5.74) is -2.16. The van der Waals surface area contributed by atoms with Gasteiger partial charge in [0.05, 0.1) is 16.9 Å². The van der Waals surface area contributed by atoms with Crippen LogP contribution >= 0.6 is 0 Å². The summed E-state index contributed by atoms with van der Waals surface area (Å²) >= 11 is 0. The Bertz CT molecular complexity index is 604. The highest BCUT2D eigenvalue weighted by molar-refractivity contribution is 6.47. The Hall–Kier alpha value is -2.12. The summed E-state index contributed by atoms with van der Waals surface area (Å²) < 4.78 is 81.1. The summed E-state index contributed by atoms with van der Waals surface area (Å²) in [7, 11) is -0.126. The molecule has 0 saturated heterocycles. The molecule has 0 bridgehead atoms. The molecule has 0 fully saturated rings. The summed E-state index contributed by atoms with van der Waals surface area (Å²) in [6.07, 6.45) is -9.77. The van der Waals surface area contributed by atoms with Gasteiger partial charge in [0.15, 0.2) is 0 Å². The molecule has 0 aliphatic heterocycles. The number of halogens is 6. The average Bonchev–Trinajstić information content (AvgIpc) is 2.44. The average molecular weight is 318 g/mol. The first kappa shape index (κ1) is 16.3. The molecular weight excluding hydrogens is 309 g/mol. The molecule has 0 spiro atoms. The highest BCUT2D eigenvalue weighted by atomic mass is 19.4. The summed E-state index contributed by atoms with van der Waals surface area (Å²) in [5.74, 6) is -0.481. The molecule has 0 amide bonds. The molecule has 0 N–H and O–H groups in total. The van der Waals surface area contributed by atoms with Crippen LogP contribution in [0.1, 0.15) is 11.1 Å². The van der Waals surface area contributed by atoms with Crippen molar-refractivity contribution in [3.05, 3.63) is 59.7 Å². The third-order valence-electron chi connectivity index (χ3n) is 2.81. The van der Waals surface area contributed by atoms with E-state index in [0.29, 0.717) is 17.6 Å². The van der Waals surface area contributed by atoms with E-state index in [9.17, 15) is 26.3 Å². The van der Waals surface area contributed by atoms with Gasteiger partial charge < -0.3 is 4.65 Å². The number of hydrogen-bond donors (Lipinski definition) is 0. The van der Waals surface area contributed by atoms with Crippen LogP contribution in [0.4, 0.5) is 26.3 Å². The van der Waals surface area contributed by atoms with Gasteiger partial charge in [-0.15, -0.1) is 0 Å². The minimum absolute atomic E-state index is 0.0649. The fourth-order valence-electron chi connectivity index (χ4n) is 1.75. The molecule has 0 saturated carbocycles. The lowest BCUT2D eigenvalue weighted by Crippen LogP contribution is -2.20. The van der Waals surface area contributed by atoms with Crippen LogP contribution < -0.4 is 10.1 Å². The van der Waals surface area contributed by atoms with Gasteiger partial charge in [-0.2, -0.15) is 26.3 Å². The standard InChI is InChI=1S/C14H9BF6O/c16-13(17,18)9-6-10(14(19,20)21)8-12(7-9)22-15-11-4-2-1-3-5-11/h1-8,15H. The van der Waals surface area contributed by atoms with Crippen molar-refractivity contribution in [1.29, 1.82) is 0 Å². The molecule has 0 aromatic heterocycles. The number of alkyl halides is 6. The summed E-state index contributed by atoms with van der Waals surface area (Å²) in [6.45, 7) is 0. The quantitative estimate of drug-likeness (QED) is 0.618. The van der Waals surface area contributed by atoms with E-state index < -0.39 is 29.2 Å². The first-order valence-electron chi connectivity index (χ1n) is 6.12. The van der Waals surface area contributed by atoms with Crippen LogP contribution in [0.3, 0.4) is 0 Å². The maximum absolute atomic E-state index is 12.7. The smallest absolute Gasteiger partial charge is 0.416 e. The Kier molecular flexibility index (Phi) is 4.39. The lowest BCUT2D eigenvalue weighted by molar-refractivity contribution is -0.143. The van der Waals surface area contributed by atoms with Crippen molar-refractivity contribution >= 4 is 12.9 Å². The fraction of sp³-hybridized carbons (Fsp3) is 0.143. The van der Waals surface area contributed by atoms with Gasteiger partial charge >= 0.3 is 19.8 Å². The monoisotopic (exact) mass is 318 g/mol. The van der Waals surface area contributed by atoms with Gasteiger partial charge in [-0.25, -0.2) is 0 Å². The van der Waals surface area contributed by atoms with E-state index in [-0.39, 0.29) is 13.5 Å². The predicted octanol–water partition coefficient (Wildman–Crippen LogP) is 3.78. The van der Waals surface area contributed by atoms with Crippen molar-refractivity contribution in [3.63, 3.8) is 0 Å². The van der Waals surface area contributed by atoms with Crippen LogP contribution in [0.5, 0.6) is 5.75 Å². The first-order valence-corrected chi connectivity index (χ1v) is 6.12. The molecule has 0 atom stereocenters. The molecule has 2 aromatic rings. The van der Waals surface area contributed by atoms with Gasteiger partial charge in [-0.1, -0.05) is 30.3 Å². The Morgan fingerprint density at radius 3 is 1.68 bits per heavy atom. The van der Waals surface area contributed by atoms with Gasteiger partial charge in [0.2, 0.25) is 0 Å². The van der Waals surface area contributed by atoms with Gasteiger partial charge in [0, 0.05) is 0 Å². The summed E-state index contributed by atoms with van der Waals surface area (Å²) in [6, 6.07) is 9.58. The zero-order chi connectivity index (χ0) is 16.4. The SMILES string of the molecule is FC(F)(F)c1cc(OBc2ccccc2)cc(C(F)(F)F)c1. The molecule has 0 aliphatic carbocycles. The second-order valence-corrected chi connectivity index (χ2v) is 4.52. The van der Waals surface area contributed by atoms with Gasteiger partial charge in [0.1, 0.15) is 0 Å². The molecule has 8 heteroatoms. The third-order valence-corrected chi connectivity index (χ3v) is 2.81. The molecular formula is C14H9BF6O. The lowest BCUT2D eigenvalue weighted by Gasteiger charge is -2.14. The second kappa shape index (κ2) is 5.94. The molecule has 2 aromatic carbocycles. The lowest BCUT2D eigenvalue weighted by atomic mass is 9.88. The molecule has 0 aliphatic rings. The summed E-state index contributed by atoms with van der Waals surface area (Å²) in [5, 5.41) is 0. The van der Waals surface area contributed by atoms with Crippen LogP contribution in [0.15, 0.2) is 48.5 Å². The maximum atomic E-state index is 12.7. The normalized spacial score (nSPS) is 12.1. The predicted molar refractivity (Wildman–Crippen MR) is 70.3 cm³/mol. The Morgan fingerprint density at radius 2 is 1.23 bits per heavy atom. The molecule has 2 rings (SSSR count). The number of rotatable bonds is 3. The highest BCUT2D eigenvalue weighted by Crippen LogP contribution is 2.38. The van der Waals surface area contributed by atoms with E-state index in [1.807, 2.05) is 0 Å². The van der Waals surface area contributed by atoms with Crippen LogP contribution in [0.25, 0.3) is 0 Å². The van der Waals surface area contributed by atoms with Gasteiger partial charge in [-0.05, 0) is 23.7 Å². The second-order valence-electron chi connectivity index (χ2n) is 4.52. The van der Waals surface area contributed by atoms with Crippen LogP contribution in [-0.4, -0.2) is 7.48 Å². The topological polar surface area (TPSA) is 9.23 Å². The van der Waals surface area contributed by atoms with Crippen molar-refractivity contribution in [2.45, 2.75) is 12.4 Å². The third kappa shape index (κ3) is 4.19. The summed E-state index contributed by atoms with van der Waals surface area (Å²) in [4.78, 5) is 0. The van der Waals surface area contributed by atoms with E-state index in [0.717, 1.165) is 0 Å². The highest BCUT2D eigenvalue weighted by Gasteiger charge is 2.37. The van der Waals surface area contributed by atoms with Crippen LogP contribution in [0, 0.1) is 0 Å². The van der Waals surface area contributed by atoms with Crippen LogP contribution in [-0.2, 0) is 12.4 Å². The first-order chi connectivity index (χ1) is 10.2. The van der Waals surface area contributed by atoms with E-state index in [2.05, 4.69) is 0 Å². The van der Waals surface area contributed by atoms with E-state index >= 15 is 0 Å². The fourth-order valence-corrected chi connectivity index (χ4v) is 1.75. The Balaban J connectivity index is 2.30. The van der Waals surface area contributed by atoms with E-state index in [1.165, 1.54) is 0 Å². The Morgan fingerprint density at radius 1 is 0.727 bits per heavy atom. The largest absolute Gasteiger partial charge is 0.559 e. The zero-order valence-electron chi connectivity index (χ0n) is 11.0. The number of benzene rings is 2. The minimum Gasteiger partial charge on any atom is -0.559 e. The van der Waals surface area contributed by atoms with Crippen LogP contribution in [0.2, 0.25) is 0 Å². The Labute approximate surface area is 122 Å². The van der Waals surface area contributed by atoms with E-state index in [1.54, 1.807) is 30.3 Å². The molecule has 0 heterocycles. The maximum Gasteiger partial charge on any atom is 0.416 e. The minimum atomic E-state index is -4.88. The van der Waals surface area contributed by atoms with Crippen molar-refractivity contribution in [3.8, 4) is 5.75 Å². The molecule has 1 nitrogen and oxygen atoms in total. The molecule has 0 unspecified atom stereocenters. The van der Waals surface area contributed by atoms with Gasteiger partial charge in [0.25, 0.3) is 0 Å². The molecule has 0 radical (unpaired) electrons. The van der Waals surface area contributed by atoms with Crippen molar-refractivity contribution < 1.29 is 31.0 Å². The van der Waals surface area contributed by atoms with Crippen molar-refractivity contribution in [2.75, 3.05) is 0 Å².